The summed E-state index contributed by atoms with van der Waals surface area (Å²) in [5, 5.41) is 19.5. The number of hydrogen-bond donors (Lipinski definition) is 2. The van der Waals surface area contributed by atoms with Crippen LogP contribution in [0.3, 0.4) is 0 Å². The number of thiazole rings is 1. The summed E-state index contributed by atoms with van der Waals surface area (Å²) >= 11 is 3.98. The molecule has 2 amide bonds. The highest BCUT2D eigenvalue weighted by molar-refractivity contribution is 8.01. The van der Waals surface area contributed by atoms with Gasteiger partial charge >= 0.3 is 0 Å². The van der Waals surface area contributed by atoms with E-state index in [0.29, 0.717) is 17.1 Å². The quantitative estimate of drug-likeness (QED) is 0.148. The molecule has 4 rings (SSSR count). The average molecular weight is 521 g/mol. The van der Waals surface area contributed by atoms with Gasteiger partial charge in [-0.05, 0) is 5.57 Å². The third-order valence-corrected chi connectivity index (χ3v) is 8.16. The first-order valence-corrected chi connectivity index (χ1v) is 12.8. The Bertz CT molecular complexity index is 1200. The number of thioether (sulfide) groups is 2. The average Bonchev–Trinajstić information content (AvgIpc) is 3.25. The SMILES string of the molecule is CO/N=C(\C(=O)N[C@@H]1C(=O)N2C(C(=O)[O-])=C(CSc3cc[n+](C)cc3)CS[C@H]12)c1csc(N)n1. The Morgan fingerprint density at radius 1 is 1.44 bits per heavy atom. The first-order valence-electron chi connectivity index (χ1n) is 9.89. The van der Waals surface area contributed by atoms with Crippen molar-refractivity contribution in [3.63, 3.8) is 0 Å². The third-order valence-electron chi connectivity index (χ3n) is 5.05. The van der Waals surface area contributed by atoms with E-state index in [1.54, 1.807) is 5.38 Å². The van der Waals surface area contributed by atoms with Gasteiger partial charge < -0.3 is 25.8 Å². The first kappa shape index (κ1) is 24.0. The van der Waals surface area contributed by atoms with E-state index in [0.717, 1.165) is 16.2 Å². The van der Waals surface area contributed by atoms with Crippen LogP contribution in [0.1, 0.15) is 5.69 Å². The Hall–Kier alpha value is -3.10. The van der Waals surface area contributed by atoms with Crippen molar-refractivity contribution < 1.29 is 28.9 Å². The Kier molecular flexibility index (Phi) is 7.09. The van der Waals surface area contributed by atoms with Crippen molar-refractivity contribution in [2.45, 2.75) is 16.3 Å². The second-order valence-electron chi connectivity index (χ2n) is 7.28. The lowest BCUT2D eigenvalue weighted by Crippen LogP contribution is -2.71. The summed E-state index contributed by atoms with van der Waals surface area (Å²) in [5.41, 5.74) is 6.17. The molecule has 0 spiro atoms. The number of carbonyl (C=O) groups is 3. The highest BCUT2D eigenvalue weighted by Gasteiger charge is 2.53. The molecule has 1 fully saturated rings. The number of nitrogen functional groups attached to an aromatic ring is 1. The minimum absolute atomic E-state index is 0.133. The molecule has 2 atom stereocenters. The van der Waals surface area contributed by atoms with E-state index >= 15 is 0 Å². The summed E-state index contributed by atoms with van der Waals surface area (Å²) in [6.07, 6.45) is 3.80. The Morgan fingerprint density at radius 2 is 2.18 bits per heavy atom. The number of nitrogens with two attached hydrogens (primary N) is 1. The number of rotatable bonds is 8. The highest BCUT2D eigenvalue weighted by atomic mass is 32.2. The molecular weight excluding hydrogens is 500 g/mol. The number of fused-ring (bicyclic) bond motifs is 1. The Labute approximate surface area is 207 Å². The second-order valence-corrected chi connectivity index (χ2v) is 10.3. The number of pyridine rings is 1. The lowest BCUT2D eigenvalue weighted by Gasteiger charge is -2.50. The molecule has 0 bridgehead atoms. The maximum atomic E-state index is 12.9. The van der Waals surface area contributed by atoms with Crippen molar-refractivity contribution in [2.75, 3.05) is 24.3 Å². The van der Waals surface area contributed by atoms with Gasteiger partial charge in [0.25, 0.3) is 11.8 Å². The van der Waals surface area contributed by atoms with E-state index in [2.05, 4.69) is 15.5 Å². The number of carbonyl (C=O) groups excluding carboxylic acids is 3. The summed E-state index contributed by atoms with van der Waals surface area (Å²) < 4.78 is 1.90. The van der Waals surface area contributed by atoms with Gasteiger partial charge in [-0.2, -0.15) is 0 Å². The van der Waals surface area contributed by atoms with Gasteiger partial charge in [0.05, 0.1) is 11.7 Å². The van der Waals surface area contributed by atoms with Crippen molar-refractivity contribution in [1.82, 2.24) is 15.2 Å². The van der Waals surface area contributed by atoms with E-state index in [4.69, 9.17) is 10.6 Å². The number of oxime groups is 1. The number of carboxylic acid groups (broad SMARTS) is 1. The molecule has 0 radical (unpaired) electrons. The van der Waals surface area contributed by atoms with Crippen LogP contribution in [-0.4, -0.2) is 63.4 Å². The van der Waals surface area contributed by atoms with Crippen LogP contribution in [0.2, 0.25) is 0 Å². The first-order chi connectivity index (χ1) is 16.3. The molecule has 1 saturated heterocycles. The van der Waals surface area contributed by atoms with E-state index in [1.807, 2.05) is 36.1 Å². The Morgan fingerprint density at radius 3 is 2.79 bits per heavy atom. The molecule has 3 N–H and O–H groups in total. The van der Waals surface area contributed by atoms with Gasteiger partial charge in [0.15, 0.2) is 23.2 Å². The zero-order valence-electron chi connectivity index (χ0n) is 18.1. The van der Waals surface area contributed by atoms with Gasteiger partial charge in [0.1, 0.15) is 31.3 Å². The van der Waals surface area contributed by atoms with Crippen molar-refractivity contribution in [3.05, 3.63) is 46.9 Å². The summed E-state index contributed by atoms with van der Waals surface area (Å²) in [7, 11) is 3.19. The van der Waals surface area contributed by atoms with Crippen molar-refractivity contribution >= 4 is 63.5 Å². The summed E-state index contributed by atoms with van der Waals surface area (Å²) in [5.74, 6) is -1.85. The minimum atomic E-state index is -1.42. The lowest BCUT2D eigenvalue weighted by atomic mass is 10.0. The van der Waals surface area contributed by atoms with Crippen LogP contribution in [0.5, 0.6) is 0 Å². The smallest absolute Gasteiger partial charge is 0.276 e. The van der Waals surface area contributed by atoms with Gasteiger partial charge in [-0.15, -0.1) is 34.9 Å². The van der Waals surface area contributed by atoms with Crippen molar-refractivity contribution in [2.24, 2.45) is 12.2 Å². The number of carboxylic acids is 1. The van der Waals surface area contributed by atoms with Crippen LogP contribution in [0.25, 0.3) is 0 Å². The number of nitrogens with zero attached hydrogens (tertiary/aromatic N) is 4. The van der Waals surface area contributed by atoms with Gasteiger partial charge in [-0.3, -0.25) is 14.5 Å². The molecule has 14 heteroatoms. The molecule has 2 aromatic heterocycles. The zero-order chi connectivity index (χ0) is 24.4. The van der Waals surface area contributed by atoms with Crippen LogP contribution in [0.15, 0.2) is 51.2 Å². The standard InChI is InChI=1S/C20H20N6O5S3/c1-25-5-3-11(4-6-25)32-7-10-8-33-18-14(17(28)26(18)15(10)19(29)30)23-16(27)13(24-31-2)12-9-34-20(21)22-12/h3-6,9,14,18H,7-8H2,1-2H3,(H3-,21,22,23,27,29,30)/b24-13-/t14-,18-/m1/s1. The van der Waals surface area contributed by atoms with Gasteiger partial charge in [-0.25, -0.2) is 9.55 Å². The van der Waals surface area contributed by atoms with E-state index < -0.39 is 29.2 Å². The molecule has 2 aromatic rings. The molecule has 0 unspecified atom stereocenters. The number of amides is 2. The molecule has 0 aromatic carbocycles. The molecule has 34 heavy (non-hydrogen) atoms. The minimum Gasteiger partial charge on any atom is -0.543 e. The van der Waals surface area contributed by atoms with Crippen LogP contribution in [-0.2, 0) is 26.3 Å². The number of β-lactam (4-membered cyclic amide) rings is 1. The number of anilines is 1. The fourth-order valence-corrected chi connectivity index (χ4v) is 6.36. The van der Waals surface area contributed by atoms with E-state index in [1.165, 1.54) is 35.5 Å². The monoisotopic (exact) mass is 520 g/mol. The van der Waals surface area contributed by atoms with Crippen LogP contribution in [0, 0.1) is 0 Å². The predicted molar refractivity (Wildman–Crippen MR) is 125 cm³/mol. The number of hydrogen-bond acceptors (Lipinski definition) is 11. The lowest BCUT2D eigenvalue weighted by molar-refractivity contribution is -0.671. The Balaban J connectivity index is 1.48. The number of aliphatic carboxylic acids is 1. The second kappa shape index (κ2) is 10.0. The number of aromatic nitrogens is 2. The fourth-order valence-electron chi connectivity index (χ4n) is 3.44. The van der Waals surface area contributed by atoms with E-state index in [9.17, 15) is 19.5 Å². The molecule has 2 aliphatic rings. The number of nitrogens with one attached hydrogen (secondary N) is 1. The summed E-state index contributed by atoms with van der Waals surface area (Å²) in [6.45, 7) is 0. The topological polar surface area (TPSA) is 154 Å². The molecule has 4 heterocycles. The molecule has 0 aliphatic carbocycles. The van der Waals surface area contributed by atoms with E-state index in [-0.39, 0.29) is 22.2 Å². The van der Waals surface area contributed by atoms with Crippen LogP contribution >= 0.6 is 34.9 Å². The maximum absolute atomic E-state index is 12.9. The summed E-state index contributed by atoms with van der Waals surface area (Å²) in [6, 6.07) is 2.93. The normalized spacial score (nSPS) is 20.0. The van der Waals surface area contributed by atoms with Crippen molar-refractivity contribution in [1.29, 1.82) is 0 Å². The fraction of sp³-hybridized carbons (Fsp3) is 0.300. The third kappa shape index (κ3) is 4.74. The largest absolute Gasteiger partial charge is 0.543 e. The molecule has 178 valence electrons. The van der Waals surface area contributed by atoms with Gasteiger partial charge in [0.2, 0.25) is 0 Å². The van der Waals surface area contributed by atoms with Gasteiger partial charge in [-0.1, -0.05) is 5.16 Å². The summed E-state index contributed by atoms with van der Waals surface area (Å²) in [4.78, 5) is 48.6. The van der Waals surface area contributed by atoms with Crippen LogP contribution in [0.4, 0.5) is 5.13 Å². The molecule has 11 nitrogen and oxygen atoms in total. The molecule has 2 aliphatic heterocycles. The van der Waals surface area contributed by atoms with Crippen molar-refractivity contribution in [3.8, 4) is 0 Å². The molecular formula is C20H20N6O5S3. The number of aryl methyl sites for hydroxylation is 1. The zero-order valence-corrected chi connectivity index (χ0v) is 20.5. The van der Waals surface area contributed by atoms with Crippen LogP contribution < -0.4 is 20.7 Å². The highest BCUT2D eigenvalue weighted by Crippen LogP contribution is 2.41. The predicted octanol–water partition coefficient (Wildman–Crippen LogP) is -0.903. The molecule has 0 saturated carbocycles. The van der Waals surface area contributed by atoms with Gasteiger partial charge in [0, 0.05) is 33.9 Å². The maximum Gasteiger partial charge on any atom is 0.276 e.